The van der Waals surface area contributed by atoms with Gasteiger partial charge in [0.1, 0.15) is 0 Å². The summed E-state index contributed by atoms with van der Waals surface area (Å²) in [5.74, 6) is 0.630. The maximum Gasteiger partial charge on any atom is 0.251 e. The molecule has 1 atom stereocenters. The molecule has 1 aliphatic heterocycles. The highest BCUT2D eigenvalue weighted by Crippen LogP contribution is 2.24. The third-order valence-corrected chi connectivity index (χ3v) is 6.42. The molecule has 0 aliphatic carbocycles. The first kappa shape index (κ1) is 18.4. The summed E-state index contributed by atoms with van der Waals surface area (Å²) in [6, 6.07) is 14.2. The zero-order valence-electron chi connectivity index (χ0n) is 15.3. The molecular weight excluding hydrogens is 378 g/mol. The summed E-state index contributed by atoms with van der Waals surface area (Å²) in [4.78, 5) is 12.3. The maximum absolute atomic E-state index is 12.3. The normalized spacial score (nSPS) is 18.1. The van der Waals surface area contributed by atoms with Crippen molar-refractivity contribution in [3.8, 4) is 22.9 Å². The van der Waals surface area contributed by atoms with E-state index in [-0.39, 0.29) is 23.5 Å². The first-order valence-electron chi connectivity index (χ1n) is 8.92. The number of nitrogens with zero attached hydrogens (tertiary/aromatic N) is 2. The number of rotatable bonds is 4. The minimum atomic E-state index is -3.03. The SMILES string of the molecule is Cc1cccc(-c2nnc(-c3ccc(C(=O)N[C@H]4CCS(=O)(=O)C4)cc3)o2)c1. The van der Waals surface area contributed by atoms with Crippen LogP contribution in [0.15, 0.2) is 52.9 Å². The average Bonchev–Trinajstić information content (AvgIpc) is 3.28. The highest BCUT2D eigenvalue weighted by Gasteiger charge is 2.29. The molecule has 28 heavy (non-hydrogen) atoms. The quantitative estimate of drug-likeness (QED) is 0.726. The van der Waals surface area contributed by atoms with Gasteiger partial charge in [-0.05, 0) is 49.7 Å². The molecule has 2 aromatic carbocycles. The number of hydrogen-bond acceptors (Lipinski definition) is 6. The highest BCUT2D eigenvalue weighted by atomic mass is 32.2. The first-order chi connectivity index (χ1) is 13.4. The summed E-state index contributed by atoms with van der Waals surface area (Å²) in [6.07, 6.45) is 0.454. The highest BCUT2D eigenvalue weighted by molar-refractivity contribution is 7.91. The van der Waals surface area contributed by atoms with Crippen molar-refractivity contribution in [2.75, 3.05) is 11.5 Å². The van der Waals surface area contributed by atoms with Crippen LogP contribution in [0.4, 0.5) is 0 Å². The van der Waals surface area contributed by atoms with Gasteiger partial charge in [-0.1, -0.05) is 17.7 Å². The largest absolute Gasteiger partial charge is 0.416 e. The van der Waals surface area contributed by atoms with Crippen molar-refractivity contribution in [3.63, 3.8) is 0 Å². The second-order valence-corrected chi connectivity index (χ2v) is 9.16. The van der Waals surface area contributed by atoms with E-state index < -0.39 is 9.84 Å². The number of carbonyl (C=O) groups excluding carboxylic acids is 1. The molecule has 1 amide bonds. The third kappa shape index (κ3) is 3.96. The average molecular weight is 397 g/mol. The van der Waals surface area contributed by atoms with E-state index in [2.05, 4.69) is 15.5 Å². The van der Waals surface area contributed by atoms with Gasteiger partial charge in [-0.2, -0.15) is 0 Å². The van der Waals surface area contributed by atoms with Crippen LogP contribution < -0.4 is 5.32 Å². The number of aryl methyl sites for hydroxylation is 1. The number of carbonyl (C=O) groups is 1. The van der Waals surface area contributed by atoms with E-state index in [0.717, 1.165) is 11.1 Å². The van der Waals surface area contributed by atoms with Crippen LogP contribution in [-0.2, 0) is 9.84 Å². The summed E-state index contributed by atoms with van der Waals surface area (Å²) in [6.45, 7) is 1.99. The molecule has 8 heteroatoms. The second-order valence-electron chi connectivity index (χ2n) is 6.93. The van der Waals surface area contributed by atoms with E-state index in [0.29, 0.717) is 29.3 Å². The van der Waals surface area contributed by atoms with Gasteiger partial charge >= 0.3 is 0 Å². The lowest BCUT2D eigenvalue weighted by Gasteiger charge is -2.10. The van der Waals surface area contributed by atoms with Gasteiger partial charge in [-0.15, -0.1) is 10.2 Å². The molecule has 144 valence electrons. The number of aromatic nitrogens is 2. The Morgan fingerprint density at radius 2 is 1.79 bits per heavy atom. The maximum atomic E-state index is 12.3. The van der Waals surface area contributed by atoms with Crippen LogP contribution in [0.2, 0.25) is 0 Å². The minimum Gasteiger partial charge on any atom is -0.416 e. The van der Waals surface area contributed by atoms with Crippen LogP contribution >= 0.6 is 0 Å². The van der Waals surface area contributed by atoms with Crippen molar-refractivity contribution in [1.29, 1.82) is 0 Å². The summed E-state index contributed by atoms with van der Waals surface area (Å²) in [5, 5.41) is 10.9. The van der Waals surface area contributed by atoms with Crippen LogP contribution in [0.1, 0.15) is 22.3 Å². The van der Waals surface area contributed by atoms with Crippen molar-refractivity contribution >= 4 is 15.7 Å². The molecule has 7 nitrogen and oxygen atoms in total. The number of hydrogen-bond donors (Lipinski definition) is 1. The van der Waals surface area contributed by atoms with Crippen molar-refractivity contribution in [3.05, 3.63) is 59.7 Å². The van der Waals surface area contributed by atoms with E-state index >= 15 is 0 Å². The summed E-state index contributed by atoms with van der Waals surface area (Å²) >= 11 is 0. The monoisotopic (exact) mass is 397 g/mol. The summed E-state index contributed by atoms with van der Waals surface area (Å²) in [5.41, 5.74) is 3.10. The zero-order valence-corrected chi connectivity index (χ0v) is 16.1. The van der Waals surface area contributed by atoms with E-state index in [1.54, 1.807) is 24.3 Å². The number of sulfone groups is 1. The van der Waals surface area contributed by atoms with Crippen molar-refractivity contribution in [1.82, 2.24) is 15.5 Å². The molecule has 4 rings (SSSR count). The van der Waals surface area contributed by atoms with Gasteiger partial charge < -0.3 is 9.73 Å². The molecule has 1 saturated heterocycles. The number of benzene rings is 2. The van der Waals surface area contributed by atoms with Crippen LogP contribution in [0.25, 0.3) is 22.9 Å². The second kappa shape index (κ2) is 7.20. The Kier molecular flexibility index (Phi) is 4.72. The molecule has 0 saturated carbocycles. The molecule has 0 unspecified atom stereocenters. The topological polar surface area (TPSA) is 102 Å². The Morgan fingerprint density at radius 1 is 1.07 bits per heavy atom. The third-order valence-electron chi connectivity index (χ3n) is 4.65. The number of amides is 1. The van der Waals surface area contributed by atoms with Crippen LogP contribution in [0.5, 0.6) is 0 Å². The molecule has 2 heterocycles. The molecule has 1 aromatic heterocycles. The van der Waals surface area contributed by atoms with Gasteiger partial charge in [0.15, 0.2) is 9.84 Å². The van der Waals surface area contributed by atoms with E-state index in [4.69, 9.17) is 4.42 Å². The van der Waals surface area contributed by atoms with E-state index in [1.807, 2.05) is 31.2 Å². The van der Waals surface area contributed by atoms with Gasteiger partial charge in [-0.3, -0.25) is 4.79 Å². The molecule has 1 aliphatic rings. The zero-order chi connectivity index (χ0) is 19.7. The fourth-order valence-electron chi connectivity index (χ4n) is 3.18. The standard InChI is InChI=1S/C20H19N3O4S/c1-13-3-2-4-16(11-13)20-23-22-19(27-20)15-7-5-14(6-8-15)18(24)21-17-9-10-28(25,26)12-17/h2-8,11,17H,9-10,12H2,1H3,(H,21,24)/t17-/m0/s1. The number of nitrogens with one attached hydrogen (secondary N) is 1. The smallest absolute Gasteiger partial charge is 0.251 e. The molecule has 3 aromatic rings. The predicted molar refractivity (Wildman–Crippen MR) is 104 cm³/mol. The van der Waals surface area contributed by atoms with Crippen LogP contribution in [0.3, 0.4) is 0 Å². The molecule has 1 N–H and O–H groups in total. The fraction of sp³-hybridized carbons (Fsp3) is 0.250. The lowest BCUT2D eigenvalue weighted by molar-refractivity contribution is 0.0941. The Labute approximate surface area is 162 Å². The summed E-state index contributed by atoms with van der Waals surface area (Å²) in [7, 11) is -3.03. The molecule has 1 fully saturated rings. The Morgan fingerprint density at radius 3 is 2.43 bits per heavy atom. The van der Waals surface area contributed by atoms with Gasteiger partial charge in [0, 0.05) is 22.7 Å². The lowest BCUT2D eigenvalue weighted by Crippen LogP contribution is -2.35. The molecule has 0 radical (unpaired) electrons. The van der Waals surface area contributed by atoms with Gasteiger partial charge in [-0.25, -0.2) is 8.42 Å². The van der Waals surface area contributed by atoms with Crippen molar-refractivity contribution in [2.45, 2.75) is 19.4 Å². The van der Waals surface area contributed by atoms with Crippen molar-refractivity contribution in [2.24, 2.45) is 0 Å². The Hall–Kier alpha value is -3.00. The van der Waals surface area contributed by atoms with Gasteiger partial charge in [0.25, 0.3) is 5.91 Å². The fourth-order valence-corrected chi connectivity index (χ4v) is 4.85. The van der Waals surface area contributed by atoms with Crippen molar-refractivity contribution < 1.29 is 17.6 Å². The molecule has 0 bridgehead atoms. The summed E-state index contributed by atoms with van der Waals surface area (Å²) < 4.78 is 28.8. The van der Waals surface area contributed by atoms with E-state index in [1.165, 1.54) is 0 Å². The molecule has 0 spiro atoms. The van der Waals surface area contributed by atoms with Crippen LogP contribution in [-0.4, -0.2) is 42.1 Å². The lowest BCUT2D eigenvalue weighted by atomic mass is 10.1. The minimum absolute atomic E-state index is 0.000541. The van der Waals surface area contributed by atoms with E-state index in [9.17, 15) is 13.2 Å². The van der Waals surface area contributed by atoms with Crippen LogP contribution in [0, 0.1) is 6.92 Å². The predicted octanol–water partition coefficient (Wildman–Crippen LogP) is 2.63. The van der Waals surface area contributed by atoms with Gasteiger partial charge in [0.2, 0.25) is 11.8 Å². The van der Waals surface area contributed by atoms with Gasteiger partial charge in [0.05, 0.1) is 11.5 Å². The molecular formula is C20H19N3O4S. The first-order valence-corrected chi connectivity index (χ1v) is 10.7. The Balaban J connectivity index is 1.47. The Bertz CT molecular complexity index is 1120.